The van der Waals surface area contributed by atoms with E-state index < -0.39 is 34.6 Å². The van der Waals surface area contributed by atoms with Gasteiger partial charge in [0.1, 0.15) is 11.7 Å². The zero-order chi connectivity index (χ0) is 27.4. The first-order valence-corrected chi connectivity index (χ1v) is 11.3. The van der Waals surface area contributed by atoms with E-state index in [-0.39, 0.29) is 29.5 Å². The van der Waals surface area contributed by atoms with E-state index in [2.05, 4.69) is 20.3 Å². The van der Waals surface area contributed by atoms with Crippen LogP contribution in [0.2, 0.25) is 0 Å². The number of hydrogen-bond acceptors (Lipinski definition) is 6. The van der Waals surface area contributed by atoms with Crippen molar-refractivity contribution in [2.75, 3.05) is 5.73 Å². The number of para-hydroxylation sites is 1. The lowest BCUT2D eigenvalue weighted by Crippen LogP contribution is -2.32. The minimum atomic E-state index is -4.92. The summed E-state index contributed by atoms with van der Waals surface area (Å²) in [6, 6.07) is 15.6. The molecule has 1 aromatic heterocycles. The molecule has 0 fully saturated rings. The van der Waals surface area contributed by atoms with Crippen LogP contribution in [-0.4, -0.2) is 21.7 Å². The minimum absolute atomic E-state index is 0.0354. The van der Waals surface area contributed by atoms with Gasteiger partial charge in [0.05, 0.1) is 16.8 Å². The summed E-state index contributed by atoms with van der Waals surface area (Å²) in [6.07, 6.45) is -2.43. The number of benzene rings is 3. The molecular formula is C27H22F4N6O. The highest BCUT2D eigenvalue weighted by Gasteiger charge is 2.36. The maximum absolute atomic E-state index is 14.9. The molecule has 0 aliphatic carbocycles. The van der Waals surface area contributed by atoms with Crippen LogP contribution in [0.4, 0.5) is 28.9 Å². The first-order chi connectivity index (χ1) is 18.0. The molecule has 0 spiro atoms. The monoisotopic (exact) mass is 522 g/mol. The second-order valence-electron chi connectivity index (χ2n) is 8.33. The molecule has 1 unspecified atom stereocenters. The van der Waals surface area contributed by atoms with E-state index in [1.165, 1.54) is 18.5 Å². The third kappa shape index (κ3) is 5.84. The summed E-state index contributed by atoms with van der Waals surface area (Å²) >= 11 is 0. The van der Waals surface area contributed by atoms with Gasteiger partial charge in [0.25, 0.3) is 5.91 Å². The smallest absolute Gasteiger partial charge is 0.398 e. The van der Waals surface area contributed by atoms with E-state index in [4.69, 9.17) is 11.5 Å². The summed E-state index contributed by atoms with van der Waals surface area (Å²) < 4.78 is 56.0. The Hall–Kier alpha value is -4.64. The highest BCUT2D eigenvalue weighted by molar-refractivity contribution is 6.15. The molecule has 4 rings (SSSR count). The Kier molecular flexibility index (Phi) is 7.49. The Balaban J connectivity index is 1.80. The fourth-order valence-corrected chi connectivity index (χ4v) is 3.65. The number of aromatic nitrogens is 2. The van der Waals surface area contributed by atoms with Gasteiger partial charge >= 0.3 is 6.18 Å². The third-order valence-corrected chi connectivity index (χ3v) is 5.55. The molecule has 1 amide bonds. The average Bonchev–Trinajstić information content (AvgIpc) is 2.88. The molecule has 0 bridgehead atoms. The Morgan fingerprint density at radius 2 is 1.66 bits per heavy atom. The molecule has 0 saturated carbocycles. The predicted octanol–water partition coefficient (Wildman–Crippen LogP) is 5.41. The molecule has 11 heteroatoms. The summed E-state index contributed by atoms with van der Waals surface area (Å²) in [5.41, 5.74) is 11.4. The van der Waals surface area contributed by atoms with Crippen LogP contribution in [0.5, 0.6) is 0 Å². The number of aliphatic imine (C=N–C) groups is 1. The van der Waals surface area contributed by atoms with Gasteiger partial charge in [-0.1, -0.05) is 24.3 Å². The fourth-order valence-electron chi connectivity index (χ4n) is 3.65. The Morgan fingerprint density at radius 1 is 0.974 bits per heavy atom. The molecule has 0 aliphatic heterocycles. The minimum Gasteiger partial charge on any atom is -0.398 e. The number of carbonyl (C=O) groups is 1. The van der Waals surface area contributed by atoms with Crippen LogP contribution in [0.15, 0.2) is 84.1 Å². The van der Waals surface area contributed by atoms with Crippen molar-refractivity contribution in [2.24, 2.45) is 10.7 Å². The molecule has 5 N–H and O–H groups in total. The number of rotatable bonds is 5. The molecule has 0 aliphatic rings. The second kappa shape index (κ2) is 10.8. The van der Waals surface area contributed by atoms with Gasteiger partial charge < -0.3 is 16.8 Å². The van der Waals surface area contributed by atoms with Gasteiger partial charge in [-0.25, -0.2) is 19.4 Å². The summed E-state index contributed by atoms with van der Waals surface area (Å²) in [4.78, 5) is 25.4. The normalized spacial score (nSPS) is 12.7. The Labute approximate surface area is 215 Å². The van der Waals surface area contributed by atoms with Crippen LogP contribution in [0.1, 0.15) is 40.0 Å². The van der Waals surface area contributed by atoms with Gasteiger partial charge in [-0.3, -0.25) is 4.79 Å². The number of halogens is 4. The molecule has 7 nitrogen and oxygen atoms in total. The van der Waals surface area contributed by atoms with Crippen molar-refractivity contribution in [1.82, 2.24) is 15.3 Å². The summed E-state index contributed by atoms with van der Waals surface area (Å²) in [6.45, 7) is 1.77. The molecule has 0 radical (unpaired) electrons. The topological polar surface area (TPSA) is 119 Å². The van der Waals surface area contributed by atoms with E-state index in [1.54, 1.807) is 55.5 Å². The number of nitrogens with two attached hydrogens (primary N) is 2. The standard InChI is InChI=1S/C27H22F4N6O/c1-15(32)16-8-9-18(23(33)12-16)25(36-17-6-3-2-4-7-17)37-26(38)20-13-19(24-34-10-5-11-35-24)21(14-22(20)28)27(29,30)31/h2-15H,32-33H2,1H3,(H,36,37,38). The largest absolute Gasteiger partial charge is 0.417 e. The highest BCUT2D eigenvalue weighted by atomic mass is 19.4. The number of alkyl halides is 3. The lowest BCUT2D eigenvalue weighted by molar-refractivity contribution is -0.137. The van der Waals surface area contributed by atoms with Crippen LogP contribution < -0.4 is 16.8 Å². The lowest BCUT2D eigenvalue weighted by atomic mass is 10.0. The predicted molar refractivity (Wildman–Crippen MR) is 136 cm³/mol. The maximum Gasteiger partial charge on any atom is 0.417 e. The van der Waals surface area contributed by atoms with E-state index in [9.17, 15) is 22.4 Å². The van der Waals surface area contributed by atoms with Gasteiger partial charge in [-0.2, -0.15) is 13.2 Å². The summed E-state index contributed by atoms with van der Waals surface area (Å²) in [5.74, 6) is -2.78. The van der Waals surface area contributed by atoms with Crippen molar-refractivity contribution in [1.29, 1.82) is 0 Å². The number of nitrogens with zero attached hydrogens (tertiary/aromatic N) is 3. The quantitative estimate of drug-likeness (QED) is 0.140. The van der Waals surface area contributed by atoms with Crippen molar-refractivity contribution in [3.63, 3.8) is 0 Å². The van der Waals surface area contributed by atoms with Gasteiger partial charge in [-0.05, 0) is 55.0 Å². The van der Waals surface area contributed by atoms with Crippen LogP contribution in [0.25, 0.3) is 11.4 Å². The fraction of sp³-hybridized carbons (Fsp3) is 0.111. The van der Waals surface area contributed by atoms with E-state index in [1.807, 2.05) is 0 Å². The first kappa shape index (κ1) is 26.4. The van der Waals surface area contributed by atoms with Crippen molar-refractivity contribution < 1.29 is 22.4 Å². The number of anilines is 1. The number of amidine groups is 1. The van der Waals surface area contributed by atoms with E-state index in [0.717, 1.165) is 11.6 Å². The number of nitrogens with one attached hydrogen (secondary N) is 1. The van der Waals surface area contributed by atoms with Crippen molar-refractivity contribution in [3.05, 3.63) is 107 Å². The van der Waals surface area contributed by atoms with E-state index >= 15 is 0 Å². The molecule has 38 heavy (non-hydrogen) atoms. The Bertz CT molecular complexity index is 1490. The van der Waals surface area contributed by atoms with Gasteiger partial charge in [0.15, 0.2) is 5.82 Å². The van der Waals surface area contributed by atoms with Crippen molar-refractivity contribution in [2.45, 2.75) is 19.1 Å². The van der Waals surface area contributed by atoms with Gasteiger partial charge in [0.2, 0.25) is 0 Å². The number of nitrogen functional groups attached to an aromatic ring is 1. The van der Waals surface area contributed by atoms with Crippen LogP contribution in [-0.2, 0) is 6.18 Å². The van der Waals surface area contributed by atoms with Crippen molar-refractivity contribution >= 4 is 23.1 Å². The molecule has 3 aromatic carbocycles. The van der Waals surface area contributed by atoms with Gasteiger partial charge in [0, 0.05) is 35.2 Å². The molecule has 1 heterocycles. The SMILES string of the molecule is CC(N)c1ccc(C(=Nc2ccccc2)NC(=O)c2cc(-c3ncccn3)c(C(F)(F)F)cc2F)c(N)c1. The Morgan fingerprint density at radius 3 is 2.26 bits per heavy atom. The first-order valence-electron chi connectivity index (χ1n) is 11.3. The third-order valence-electron chi connectivity index (χ3n) is 5.55. The number of carbonyl (C=O) groups excluding carboxylic acids is 1. The lowest BCUT2D eigenvalue weighted by Gasteiger charge is -2.16. The van der Waals surface area contributed by atoms with Crippen LogP contribution in [0, 0.1) is 5.82 Å². The molecule has 4 aromatic rings. The molecule has 194 valence electrons. The highest BCUT2D eigenvalue weighted by Crippen LogP contribution is 2.37. The van der Waals surface area contributed by atoms with Crippen LogP contribution >= 0.6 is 0 Å². The molecule has 1 atom stereocenters. The zero-order valence-corrected chi connectivity index (χ0v) is 20.0. The maximum atomic E-state index is 14.9. The summed E-state index contributed by atoms with van der Waals surface area (Å²) in [5, 5.41) is 2.50. The number of hydrogen-bond donors (Lipinski definition) is 3. The zero-order valence-electron chi connectivity index (χ0n) is 20.0. The number of amides is 1. The second-order valence-corrected chi connectivity index (χ2v) is 8.33. The van der Waals surface area contributed by atoms with Crippen LogP contribution in [0.3, 0.4) is 0 Å². The molecule has 0 saturated heterocycles. The van der Waals surface area contributed by atoms with E-state index in [0.29, 0.717) is 11.3 Å². The average molecular weight is 523 g/mol. The molecular weight excluding hydrogens is 500 g/mol. The van der Waals surface area contributed by atoms with Crippen molar-refractivity contribution in [3.8, 4) is 11.4 Å². The van der Waals surface area contributed by atoms with Gasteiger partial charge in [-0.15, -0.1) is 0 Å². The summed E-state index contributed by atoms with van der Waals surface area (Å²) in [7, 11) is 0.